The van der Waals surface area contributed by atoms with Crippen molar-refractivity contribution in [2.75, 3.05) is 32.7 Å². The number of nitrogens with zero attached hydrogens (tertiary/aromatic N) is 2. The number of benzene rings is 1. The molecule has 0 aromatic heterocycles. The summed E-state index contributed by atoms with van der Waals surface area (Å²) in [5, 5.41) is 3.05. The van der Waals surface area contributed by atoms with E-state index in [9.17, 15) is 18.4 Å². The molecule has 0 spiro atoms. The third-order valence-electron chi connectivity index (χ3n) is 4.58. The van der Waals surface area contributed by atoms with Crippen LogP contribution in [0.4, 0.5) is 8.78 Å². The van der Waals surface area contributed by atoms with Crippen LogP contribution in [0, 0.1) is 0 Å². The van der Waals surface area contributed by atoms with E-state index in [1.807, 2.05) is 4.90 Å². The van der Waals surface area contributed by atoms with Crippen LogP contribution in [0.1, 0.15) is 23.2 Å². The minimum atomic E-state index is -2.47. The third-order valence-corrected chi connectivity index (χ3v) is 5.30. The van der Waals surface area contributed by atoms with Crippen LogP contribution in [0.15, 0.2) is 29.2 Å². The number of thioether (sulfide) groups is 1. The highest BCUT2D eigenvalue weighted by Gasteiger charge is 2.31. The first-order valence-corrected chi connectivity index (χ1v) is 9.27. The first-order valence-electron chi connectivity index (χ1n) is 8.39. The zero-order valence-electron chi connectivity index (χ0n) is 14.2. The number of likely N-dealkylation sites (tertiary alicyclic amines) is 1. The Labute approximate surface area is 161 Å². The Bertz CT molecular complexity index is 633. The van der Waals surface area contributed by atoms with Crippen molar-refractivity contribution in [1.29, 1.82) is 0 Å². The third kappa shape index (κ3) is 5.08. The largest absolute Gasteiger partial charge is 0.337 e. The summed E-state index contributed by atoms with van der Waals surface area (Å²) >= 11 is 0.466. The average Bonchev–Trinajstić information content (AvgIpc) is 2.62. The molecule has 5 nitrogen and oxygen atoms in total. The maximum absolute atomic E-state index is 12.7. The van der Waals surface area contributed by atoms with Gasteiger partial charge in [-0.2, -0.15) is 8.78 Å². The molecule has 1 unspecified atom stereocenters. The molecule has 26 heavy (non-hydrogen) atoms. The predicted octanol–water partition coefficient (Wildman–Crippen LogP) is 2.46. The number of carbonyl (C=O) groups excluding carboxylic acids is 2. The number of halogens is 3. The van der Waals surface area contributed by atoms with E-state index < -0.39 is 5.76 Å². The number of rotatable bonds is 4. The molecule has 0 radical (unpaired) electrons. The number of nitrogens with one attached hydrogen (secondary N) is 1. The highest BCUT2D eigenvalue weighted by Crippen LogP contribution is 2.26. The summed E-state index contributed by atoms with van der Waals surface area (Å²) in [5.74, 6) is -2.50. The van der Waals surface area contributed by atoms with Gasteiger partial charge in [-0.25, -0.2) is 0 Å². The van der Waals surface area contributed by atoms with Gasteiger partial charge in [-0.15, -0.1) is 12.4 Å². The van der Waals surface area contributed by atoms with Gasteiger partial charge < -0.3 is 15.1 Å². The fourth-order valence-corrected chi connectivity index (χ4v) is 3.86. The maximum atomic E-state index is 12.7. The number of piperazine rings is 1. The zero-order chi connectivity index (χ0) is 17.8. The molecule has 0 saturated carbocycles. The SMILES string of the molecule is Cl.O=C(c1ccc(SC(F)F)cc1)N1CCCC(N2CCNCC2=O)C1. The number of hydrogen-bond donors (Lipinski definition) is 1. The lowest BCUT2D eigenvalue weighted by atomic mass is 10.0. The molecule has 1 aromatic rings. The Balaban J connectivity index is 0.00000243. The van der Waals surface area contributed by atoms with Crippen LogP contribution in [0.25, 0.3) is 0 Å². The van der Waals surface area contributed by atoms with Crippen molar-refractivity contribution in [1.82, 2.24) is 15.1 Å². The van der Waals surface area contributed by atoms with Gasteiger partial charge in [-0.05, 0) is 37.1 Å². The first kappa shape index (κ1) is 20.9. The van der Waals surface area contributed by atoms with E-state index in [2.05, 4.69) is 5.32 Å². The summed E-state index contributed by atoms with van der Waals surface area (Å²) < 4.78 is 24.7. The van der Waals surface area contributed by atoms with E-state index in [0.29, 0.717) is 48.4 Å². The van der Waals surface area contributed by atoms with E-state index in [1.165, 1.54) is 0 Å². The van der Waals surface area contributed by atoms with Gasteiger partial charge in [0.25, 0.3) is 11.7 Å². The summed E-state index contributed by atoms with van der Waals surface area (Å²) in [5.41, 5.74) is 0.492. The van der Waals surface area contributed by atoms with Crippen molar-refractivity contribution < 1.29 is 18.4 Å². The molecule has 144 valence electrons. The van der Waals surface area contributed by atoms with Crippen molar-refractivity contribution in [2.45, 2.75) is 29.5 Å². The van der Waals surface area contributed by atoms with Crippen molar-refractivity contribution in [3.05, 3.63) is 29.8 Å². The quantitative estimate of drug-likeness (QED) is 0.782. The monoisotopic (exact) mass is 405 g/mol. The van der Waals surface area contributed by atoms with Gasteiger partial charge >= 0.3 is 0 Å². The summed E-state index contributed by atoms with van der Waals surface area (Å²) in [6, 6.07) is 6.33. The smallest absolute Gasteiger partial charge is 0.288 e. The minimum Gasteiger partial charge on any atom is -0.337 e. The second-order valence-corrected chi connectivity index (χ2v) is 7.28. The standard InChI is InChI=1S/C17H21F2N3O2S.ClH/c18-17(19)25-14-5-3-12(4-6-14)16(24)21-8-1-2-13(11-21)22-9-7-20-10-15(22)23;/h3-6,13,17,20H,1-2,7-11H2;1H. The first-order chi connectivity index (χ1) is 12.0. The van der Waals surface area contributed by atoms with Gasteiger partial charge in [0, 0.05) is 42.7 Å². The lowest BCUT2D eigenvalue weighted by Gasteiger charge is -2.41. The number of amides is 2. The summed E-state index contributed by atoms with van der Waals surface area (Å²) in [4.78, 5) is 28.8. The highest BCUT2D eigenvalue weighted by atomic mass is 35.5. The van der Waals surface area contributed by atoms with Crippen LogP contribution >= 0.6 is 24.2 Å². The van der Waals surface area contributed by atoms with E-state index in [-0.39, 0.29) is 30.3 Å². The lowest BCUT2D eigenvalue weighted by Crippen LogP contribution is -2.57. The fourth-order valence-electron chi connectivity index (χ4n) is 3.36. The number of piperidine rings is 1. The van der Waals surface area contributed by atoms with E-state index in [1.54, 1.807) is 29.2 Å². The molecular formula is C17H22ClF2N3O2S. The average molecular weight is 406 g/mol. The Morgan fingerprint density at radius 1 is 1.23 bits per heavy atom. The van der Waals surface area contributed by atoms with Gasteiger partial charge in [0.2, 0.25) is 5.91 Å². The van der Waals surface area contributed by atoms with E-state index in [4.69, 9.17) is 0 Å². The summed E-state index contributed by atoms with van der Waals surface area (Å²) in [7, 11) is 0. The number of hydrogen-bond acceptors (Lipinski definition) is 4. The van der Waals surface area contributed by atoms with Crippen molar-refractivity contribution in [3.8, 4) is 0 Å². The van der Waals surface area contributed by atoms with Gasteiger partial charge in [-0.1, -0.05) is 11.8 Å². The highest BCUT2D eigenvalue weighted by molar-refractivity contribution is 7.99. The molecule has 2 saturated heterocycles. The number of carbonyl (C=O) groups is 2. The van der Waals surface area contributed by atoms with Crippen molar-refractivity contribution in [3.63, 3.8) is 0 Å². The van der Waals surface area contributed by atoms with Crippen molar-refractivity contribution >= 4 is 36.0 Å². The summed E-state index contributed by atoms with van der Waals surface area (Å²) in [6.45, 7) is 2.99. The van der Waals surface area contributed by atoms with Crippen LogP contribution in [0.2, 0.25) is 0 Å². The van der Waals surface area contributed by atoms with E-state index >= 15 is 0 Å². The maximum Gasteiger partial charge on any atom is 0.288 e. The number of alkyl halides is 2. The fraction of sp³-hybridized carbons (Fsp3) is 0.529. The molecule has 2 aliphatic rings. The molecule has 0 bridgehead atoms. The molecule has 2 fully saturated rings. The molecule has 2 aliphatic heterocycles. The minimum absolute atomic E-state index is 0. The van der Waals surface area contributed by atoms with Crippen LogP contribution in [0.5, 0.6) is 0 Å². The van der Waals surface area contributed by atoms with Crippen LogP contribution in [0.3, 0.4) is 0 Å². The molecule has 1 aromatic carbocycles. The molecule has 0 aliphatic carbocycles. The Hall–Kier alpha value is -1.38. The molecule has 3 rings (SSSR count). The predicted molar refractivity (Wildman–Crippen MR) is 99.1 cm³/mol. The van der Waals surface area contributed by atoms with Crippen molar-refractivity contribution in [2.24, 2.45) is 0 Å². The van der Waals surface area contributed by atoms with Crippen LogP contribution in [-0.4, -0.2) is 66.1 Å². The van der Waals surface area contributed by atoms with Gasteiger partial charge in [-0.3, -0.25) is 9.59 Å². The Morgan fingerprint density at radius 2 is 1.96 bits per heavy atom. The van der Waals surface area contributed by atoms with Crippen LogP contribution in [-0.2, 0) is 4.79 Å². The molecule has 1 N–H and O–H groups in total. The summed E-state index contributed by atoms with van der Waals surface area (Å²) in [6.07, 6.45) is 1.76. The van der Waals surface area contributed by atoms with Gasteiger partial charge in [0.15, 0.2) is 0 Å². The molecule has 2 heterocycles. The molecule has 1 atom stereocenters. The molecular weight excluding hydrogens is 384 g/mol. The Morgan fingerprint density at radius 3 is 2.62 bits per heavy atom. The lowest BCUT2D eigenvalue weighted by molar-refractivity contribution is -0.135. The topological polar surface area (TPSA) is 52.7 Å². The Kier molecular flexibility index (Phi) is 7.67. The second-order valence-electron chi connectivity index (χ2n) is 6.21. The second kappa shape index (κ2) is 9.53. The van der Waals surface area contributed by atoms with Gasteiger partial charge in [0.05, 0.1) is 6.54 Å². The molecule has 2 amide bonds. The molecule has 9 heteroatoms. The normalized spacial score (nSPS) is 20.9. The van der Waals surface area contributed by atoms with E-state index in [0.717, 1.165) is 19.4 Å². The van der Waals surface area contributed by atoms with Gasteiger partial charge in [0.1, 0.15) is 0 Å². The zero-order valence-corrected chi connectivity index (χ0v) is 15.8. The van der Waals surface area contributed by atoms with Crippen LogP contribution < -0.4 is 5.32 Å².